The summed E-state index contributed by atoms with van der Waals surface area (Å²) in [5.74, 6) is 0. The molecule has 0 radical (unpaired) electrons. The number of hydrogen-bond donors (Lipinski definition) is 2. The van der Waals surface area contributed by atoms with Crippen LogP contribution in [0.4, 0.5) is 0 Å². The molecule has 0 saturated carbocycles. The van der Waals surface area contributed by atoms with Crippen LogP contribution in [0.25, 0.3) is 0 Å². The number of hydrogen-bond acceptors (Lipinski definition) is 3. The van der Waals surface area contributed by atoms with Gasteiger partial charge in [0.1, 0.15) is 0 Å². The molecular weight excluding hydrogens is 264 g/mol. The maximum atomic E-state index is 12.0. The molecule has 0 aromatic heterocycles. The molecule has 0 aliphatic heterocycles. The largest absolute Gasteiger partial charge is 0.396 e. The lowest BCUT2D eigenvalue weighted by atomic mass is 9.82. The van der Waals surface area contributed by atoms with Crippen LogP contribution < -0.4 is 4.72 Å². The number of aliphatic hydroxyl groups is 1. The minimum absolute atomic E-state index is 0.123. The Hall–Kier alpha value is -0.950. The topological polar surface area (TPSA) is 69.6 Å². The SMILES string of the molecule is CN(C)S(=O)(=O)N[C@H](c1ccccc1)C(C)(C)CO. The van der Waals surface area contributed by atoms with Gasteiger partial charge in [0.25, 0.3) is 10.2 Å². The number of nitrogens with zero attached hydrogens (tertiary/aromatic N) is 1. The van der Waals surface area contributed by atoms with Gasteiger partial charge in [-0.1, -0.05) is 44.2 Å². The summed E-state index contributed by atoms with van der Waals surface area (Å²) in [5, 5.41) is 9.51. The highest BCUT2D eigenvalue weighted by Gasteiger charge is 2.34. The Morgan fingerprint density at radius 2 is 1.79 bits per heavy atom. The van der Waals surface area contributed by atoms with E-state index in [9.17, 15) is 13.5 Å². The van der Waals surface area contributed by atoms with Gasteiger partial charge < -0.3 is 5.11 Å². The van der Waals surface area contributed by atoms with Crippen molar-refractivity contribution in [2.24, 2.45) is 5.41 Å². The highest BCUT2D eigenvalue weighted by molar-refractivity contribution is 7.87. The Bertz CT molecular complexity index is 498. The van der Waals surface area contributed by atoms with Crippen molar-refractivity contribution < 1.29 is 13.5 Å². The minimum atomic E-state index is -3.57. The molecule has 0 amide bonds. The van der Waals surface area contributed by atoms with E-state index in [0.717, 1.165) is 9.87 Å². The molecule has 0 spiro atoms. The van der Waals surface area contributed by atoms with Gasteiger partial charge in [-0.05, 0) is 5.56 Å². The third-order valence-corrected chi connectivity index (χ3v) is 4.56. The van der Waals surface area contributed by atoms with Crippen LogP contribution in [0.15, 0.2) is 30.3 Å². The molecule has 2 N–H and O–H groups in total. The fourth-order valence-corrected chi connectivity index (χ4v) is 2.63. The molecule has 0 aliphatic rings. The van der Waals surface area contributed by atoms with Gasteiger partial charge in [0, 0.05) is 19.5 Å². The zero-order valence-electron chi connectivity index (χ0n) is 11.8. The first-order valence-corrected chi connectivity index (χ1v) is 7.50. The van der Waals surface area contributed by atoms with E-state index >= 15 is 0 Å². The molecule has 0 unspecified atom stereocenters. The van der Waals surface area contributed by atoms with Crippen LogP contribution >= 0.6 is 0 Å². The van der Waals surface area contributed by atoms with Crippen molar-refractivity contribution >= 4 is 10.2 Å². The summed E-state index contributed by atoms with van der Waals surface area (Å²) in [5.41, 5.74) is 0.219. The number of benzene rings is 1. The summed E-state index contributed by atoms with van der Waals surface area (Å²) in [6, 6.07) is 8.76. The predicted octanol–water partition coefficient (Wildman–Crippen LogP) is 1.14. The highest BCUT2D eigenvalue weighted by atomic mass is 32.2. The van der Waals surface area contributed by atoms with E-state index in [2.05, 4.69) is 4.72 Å². The lowest BCUT2D eigenvalue weighted by molar-refractivity contribution is 0.125. The number of nitrogens with one attached hydrogen (secondary N) is 1. The first-order chi connectivity index (χ1) is 8.70. The van der Waals surface area contributed by atoms with Crippen molar-refractivity contribution in [3.63, 3.8) is 0 Å². The maximum absolute atomic E-state index is 12.0. The quantitative estimate of drug-likeness (QED) is 0.824. The van der Waals surface area contributed by atoms with Gasteiger partial charge in [0.15, 0.2) is 0 Å². The fourth-order valence-electron chi connectivity index (χ4n) is 1.67. The van der Waals surface area contributed by atoms with E-state index in [4.69, 9.17) is 0 Å². The Balaban J connectivity index is 3.16. The first-order valence-electron chi connectivity index (χ1n) is 6.06. The predicted molar refractivity (Wildman–Crippen MR) is 75.8 cm³/mol. The van der Waals surface area contributed by atoms with Crippen molar-refractivity contribution in [3.8, 4) is 0 Å². The van der Waals surface area contributed by atoms with Crippen LogP contribution in [0.5, 0.6) is 0 Å². The Morgan fingerprint density at radius 3 is 2.21 bits per heavy atom. The number of aliphatic hydroxyl groups excluding tert-OH is 1. The van der Waals surface area contributed by atoms with E-state index < -0.39 is 21.7 Å². The van der Waals surface area contributed by atoms with Crippen LogP contribution in [0, 0.1) is 5.41 Å². The van der Waals surface area contributed by atoms with Gasteiger partial charge in [-0.15, -0.1) is 0 Å². The highest BCUT2D eigenvalue weighted by Crippen LogP contribution is 2.33. The minimum Gasteiger partial charge on any atom is -0.396 e. The van der Waals surface area contributed by atoms with E-state index in [0.29, 0.717) is 0 Å². The summed E-state index contributed by atoms with van der Waals surface area (Å²) in [4.78, 5) is 0. The van der Waals surface area contributed by atoms with Crippen molar-refractivity contribution in [1.29, 1.82) is 0 Å². The first kappa shape index (κ1) is 16.1. The zero-order chi connectivity index (χ0) is 14.7. The van der Waals surface area contributed by atoms with Gasteiger partial charge >= 0.3 is 0 Å². The molecule has 0 heterocycles. The second-order valence-corrected chi connectivity index (χ2v) is 7.31. The van der Waals surface area contributed by atoms with Gasteiger partial charge in [-0.3, -0.25) is 0 Å². The van der Waals surface area contributed by atoms with Crippen LogP contribution in [-0.2, 0) is 10.2 Å². The summed E-state index contributed by atoms with van der Waals surface area (Å²) < 4.78 is 27.8. The third kappa shape index (κ3) is 4.01. The molecule has 19 heavy (non-hydrogen) atoms. The van der Waals surface area contributed by atoms with E-state index in [1.165, 1.54) is 14.1 Å². The van der Waals surface area contributed by atoms with Crippen molar-refractivity contribution in [1.82, 2.24) is 9.03 Å². The normalized spacial score (nSPS) is 14.6. The average molecular weight is 286 g/mol. The van der Waals surface area contributed by atoms with Gasteiger partial charge in [0.2, 0.25) is 0 Å². The number of rotatable bonds is 6. The van der Waals surface area contributed by atoms with E-state index in [1.807, 2.05) is 44.2 Å². The zero-order valence-corrected chi connectivity index (χ0v) is 12.6. The van der Waals surface area contributed by atoms with Crippen molar-refractivity contribution in [2.45, 2.75) is 19.9 Å². The molecule has 0 aliphatic carbocycles. The molecule has 5 nitrogen and oxygen atoms in total. The molecule has 1 rings (SSSR count). The molecule has 1 atom stereocenters. The summed E-state index contributed by atoms with van der Waals surface area (Å²) in [6.07, 6.45) is 0. The molecule has 1 aromatic rings. The van der Waals surface area contributed by atoms with Crippen LogP contribution in [-0.4, -0.2) is 38.5 Å². The molecule has 0 bridgehead atoms. The fraction of sp³-hybridized carbons (Fsp3) is 0.538. The molecule has 0 saturated heterocycles. The maximum Gasteiger partial charge on any atom is 0.279 e. The van der Waals surface area contributed by atoms with Crippen LogP contribution in [0.3, 0.4) is 0 Å². The lowest BCUT2D eigenvalue weighted by Crippen LogP contribution is -2.44. The Morgan fingerprint density at radius 1 is 1.26 bits per heavy atom. The van der Waals surface area contributed by atoms with Crippen molar-refractivity contribution in [2.75, 3.05) is 20.7 Å². The van der Waals surface area contributed by atoms with Gasteiger partial charge in [-0.2, -0.15) is 17.4 Å². The molecule has 0 fully saturated rings. The smallest absolute Gasteiger partial charge is 0.279 e. The standard InChI is InChI=1S/C13H22N2O3S/c1-13(2,10-16)12(11-8-6-5-7-9-11)14-19(17,18)15(3)4/h5-9,12,14,16H,10H2,1-4H3/t12-/m1/s1. The molecule has 108 valence electrons. The summed E-state index contributed by atoms with van der Waals surface area (Å²) >= 11 is 0. The summed E-state index contributed by atoms with van der Waals surface area (Å²) in [6.45, 7) is 3.52. The molecular formula is C13H22N2O3S. The van der Waals surface area contributed by atoms with Crippen molar-refractivity contribution in [3.05, 3.63) is 35.9 Å². The lowest BCUT2D eigenvalue weighted by Gasteiger charge is -2.34. The second-order valence-electron chi connectivity index (χ2n) is 5.40. The Labute approximate surface area is 115 Å². The second kappa shape index (κ2) is 6.00. The Kier molecular flexibility index (Phi) is 5.09. The molecule has 6 heteroatoms. The monoisotopic (exact) mass is 286 g/mol. The van der Waals surface area contributed by atoms with Crippen LogP contribution in [0.1, 0.15) is 25.5 Å². The van der Waals surface area contributed by atoms with E-state index in [1.54, 1.807) is 0 Å². The molecule has 1 aromatic carbocycles. The van der Waals surface area contributed by atoms with Crippen LogP contribution in [0.2, 0.25) is 0 Å². The summed E-state index contributed by atoms with van der Waals surface area (Å²) in [7, 11) is -0.629. The average Bonchev–Trinajstić information content (AvgIpc) is 2.36. The van der Waals surface area contributed by atoms with Gasteiger partial charge in [0.05, 0.1) is 12.6 Å². The van der Waals surface area contributed by atoms with Gasteiger partial charge in [-0.25, -0.2) is 0 Å². The van der Waals surface area contributed by atoms with E-state index in [-0.39, 0.29) is 6.61 Å². The third-order valence-electron chi connectivity index (χ3n) is 3.07.